The van der Waals surface area contributed by atoms with Gasteiger partial charge in [0.2, 0.25) is 0 Å². The largest absolute Gasteiger partial charge is 0.494 e. The molecular weight excluding hydrogens is 556 g/mol. The summed E-state index contributed by atoms with van der Waals surface area (Å²) < 4.78 is 17.2. The number of hydrogen-bond donors (Lipinski definition) is 3. The Bertz CT molecular complexity index is 1600. The van der Waals surface area contributed by atoms with Crippen LogP contribution in [0.4, 0.5) is 11.4 Å². The number of nitrogens with two attached hydrogens (primary N) is 2. The third-order valence-electron chi connectivity index (χ3n) is 7.19. The molecule has 44 heavy (non-hydrogen) atoms. The summed E-state index contributed by atoms with van der Waals surface area (Å²) >= 11 is 0. The molecule has 5 N–H and O–H groups in total. The van der Waals surface area contributed by atoms with Gasteiger partial charge in [-0.3, -0.25) is 0 Å². The fourth-order valence-corrected chi connectivity index (χ4v) is 4.84. The molecule has 230 valence electrons. The highest BCUT2D eigenvalue weighted by molar-refractivity contribution is 5.93. The molecule has 0 saturated carbocycles. The Hall–Kier alpha value is -4.98. The van der Waals surface area contributed by atoms with Gasteiger partial charge in [0, 0.05) is 17.5 Å². The van der Waals surface area contributed by atoms with E-state index in [1.165, 1.54) is 12.1 Å². The summed E-state index contributed by atoms with van der Waals surface area (Å²) in [4.78, 5) is 23.9. The van der Waals surface area contributed by atoms with Crippen LogP contribution in [-0.4, -0.2) is 30.3 Å². The van der Waals surface area contributed by atoms with E-state index in [4.69, 9.17) is 25.7 Å². The van der Waals surface area contributed by atoms with Crippen molar-refractivity contribution in [2.24, 2.45) is 0 Å². The molecule has 0 bridgehead atoms. The number of carbonyl (C=O) groups is 2. The Balaban J connectivity index is 1.18. The first-order valence-corrected chi connectivity index (χ1v) is 15.0. The molecule has 0 atom stereocenters. The molecule has 4 aromatic carbocycles. The van der Waals surface area contributed by atoms with Crippen molar-refractivity contribution in [3.05, 3.63) is 95.6 Å². The van der Waals surface area contributed by atoms with Gasteiger partial charge >= 0.3 is 11.9 Å². The third kappa shape index (κ3) is 9.52. The monoisotopic (exact) mass is 596 g/mol. The van der Waals surface area contributed by atoms with Gasteiger partial charge in [-0.05, 0) is 109 Å². The number of carbonyl (C=O) groups excluding carboxylic acids is 1. The summed E-state index contributed by atoms with van der Waals surface area (Å²) in [6, 6.07) is 21.9. The number of esters is 1. The van der Waals surface area contributed by atoms with E-state index in [2.05, 4.69) is 6.92 Å². The summed E-state index contributed by atoms with van der Waals surface area (Å²) in [5, 5.41) is 11.4. The smallest absolute Gasteiger partial charge is 0.336 e. The molecule has 0 radical (unpaired) electrons. The van der Waals surface area contributed by atoms with E-state index in [9.17, 15) is 14.7 Å². The minimum Gasteiger partial charge on any atom is -0.494 e. The van der Waals surface area contributed by atoms with Crippen LogP contribution < -0.4 is 25.7 Å². The number of nitrogen functional groups attached to an aromatic ring is 2. The van der Waals surface area contributed by atoms with E-state index in [-0.39, 0.29) is 5.56 Å². The second kappa shape index (κ2) is 16.0. The molecule has 0 unspecified atom stereocenters. The lowest BCUT2D eigenvalue weighted by molar-refractivity contribution is -0.128. The highest BCUT2D eigenvalue weighted by Crippen LogP contribution is 2.26. The van der Waals surface area contributed by atoms with Gasteiger partial charge in [-0.15, -0.1) is 0 Å². The van der Waals surface area contributed by atoms with Crippen LogP contribution in [0.1, 0.15) is 66.9 Å². The highest BCUT2D eigenvalue weighted by atomic mass is 16.5. The first-order chi connectivity index (χ1) is 21.3. The quantitative estimate of drug-likeness (QED) is 0.0394. The number of fused-ring (bicyclic) bond motifs is 1. The lowest BCUT2D eigenvalue weighted by Crippen LogP contribution is -2.08. The van der Waals surface area contributed by atoms with Crippen LogP contribution in [0.3, 0.4) is 0 Å². The second-order valence-corrected chi connectivity index (χ2v) is 10.7. The molecule has 0 spiro atoms. The van der Waals surface area contributed by atoms with Crippen molar-refractivity contribution in [3.8, 4) is 17.2 Å². The number of benzene rings is 4. The summed E-state index contributed by atoms with van der Waals surface area (Å²) in [6.07, 6.45) is 9.47. The van der Waals surface area contributed by atoms with Gasteiger partial charge in [0.25, 0.3) is 0 Å². The topological polar surface area (TPSA) is 134 Å². The molecule has 0 aliphatic carbocycles. The number of hydrogen-bond acceptors (Lipinski definition) is 7. The molecule has 0 heterocycles. The van der Waals surface area contributed by atoms with E-state index < -0.39 is 11.9 Å². The number of unbranched alkanes of at least 4 members (excludes halogenated alkanes) is 4. The standard InChI is InChI=1S/C36H40N2O6/c1-2-3-6-19-43-30-16-12-27-22-31(17-13-26(27)21-30)44-35(39)18-11-25-9-14-29(15-10-25)42-20-7-4-5-8-32-33(36(40)41)23-28(37)24-34(32)38/h9-18,21-24H,2-8,19-20,37-38H2,1H3,(H,40,41)/b18-11+. The SMILES string of the molecule is CCCCCOc1ccc2cc(OC(=O)/C=C/c3ccc(OCCCCCc4c(N)cc(N)cc4C(=O)O)cc3)ccc2c1. The molecule has 8 nitrogen and oxygen atoms in total. The molecule has 0 aliphatic heterocycles. The minimum atomic E-state index is -1.03. The van der Waals surface area contributed by atoms with Gasteiger partial charge < -0.3 is 30.8 Å². The van der Waals surface area contributed by atoms with Gasteiger partial charge in [0.05, 0.1) is 18.8 Å². The fraction of sp³-hybridized carbons (Fsp3) is 0.278. The molecule has 0 fully saturated rings. The van der Waals surface area contributed by atoms with Crippen molar-refractivity contribution in [2.75, 3.05) is 24.7 Å². The van der Waals surface area contributed by atoms with Crippen molar-refractivity contribution in [1.82, 2.24) is 0 Å². The van der Waals surface area contributed by atoms with Crippen molar-refractivity contribution in [3.63, 3.8) is 0 Å². The lowest BCUT2D eigenvalue weighted by Gasteiger charge is -2.11. The number of rotatable bonds is 16. The van der Waals surface area contributed by atoms with E-state index in [0.717, 1.165) is 66.4 Å². The normalized spacial score (nSPS) is 11.1. The van der Waals surface area contributed by atoms with Crippen LogP contribution in [0.5, 0.6) is 17.2 Å². The van der Waals surface area contributed by atoms with Gasteiger partial charge in [0.15, 0.2) is 0 Å². The first kappa shape index (κ1) is 31.9. The van der Waals surface area contributed by atoms with Crippen molar-refractivity contribution in [1.29, 1.82) is 0 Å². The third-order valence-corrected chi connectivity index (χ3v) is 7.19. The molecule has 4 aromatic rings. The van der Waals surface area contributed by atoms with Crippen LogP contribution in [0.15, 0.2) is 78.9 Å². The summed E-state index contributed by atoms with van der Waals surface area (Å²) in [5.41, 5.74) is 14.1. The van der Waals surface area contributed by atoms with Crippen LogP contribution in [0.25, 0.3) is 16.8 Å². The van der Waals surface area contributed by atoms with Gasteiger partial charge in [-0.2, -0.15) is 0 Å². The van der Waals surface area contributed by atoms with Crippen molar-refractivity contribution < 1.29 is 28.9 Å². The molecule has 0 amide bonds. The molecule has 0 aliphatic rings. The summed E-state index contributed by atoms with van der Waals surface area (Å²) in [6.45, 7) is 3.41. The van der Waals surface area contributed by atoms with Crippen molar-refractivity contribution in [2.45, 2.75) is 51.9 Å². The number of carboxylic acids is 1. The molecular formula is C36H40N2O6. The maximum atomic E-state index is 12.4. The van der Waals surface area contributed by atoms with Crippen molar-refractivity contribution >= 4 is 40.2 Å². The van der Waals surface area contributed by atoms with E-state index in [1.54, 1.807) is 18.2 Å². The van der Waals surface area contributed by atoms with Gasteiger partial charge in [-0.1, -0.05) is 44.0 Å². The predicted octanol–water partition coefficient (Wildman–Crippen LogP) is 7.68. The van der Waals surface area contributed by atoms with Crippen LogP contribution in [0.2, 0.25) is 0 Å². The average molecular weight is 597 g/mol. The van der Waals surface area contributed by atoms with Crippen LogP contribution >= 0.6 is 0 Å². The predicted molar refractivity (Wildman–Crippen MR) is 175 cm³/mol. The zero-order valence-corrected chi connectivity index (χ0v) is 25.1. The zero-order valence-electron chi connectivity index (χ0n) is 25.1. The van der Waals surface area contributed by atoms with Crippen LogP contribution in [0, 0.1) is 0 Å². The Morgan fingerprint density at radius 2 is 1.39 bits per heavy atom. The van der Waals surface area contributed by atoms with Gasteiger partial charge in [-0.25, -0.2) is 9.59 Å². The Labute approximate surface area is 258 Å². The highest BCUT2D eigenvalue weighted by Gasteiger charge is 2.14. The second-order valence-electron chi connectivity index (χ2n) is 10.7. The maximum Gasteiger partial charge on any atom is 0.336 e. The first-order valence-electron chi connectivity index (χ1n) is 15.0. The Morgan fingerprint density at radius 1 is 0.750 bits per heavy atom. The summed E-state index contributed by atoms with van der Waals surface area (Å²) in [7, 11) is 0. The minimum absolute atomic E-state index is 0.160. The van der Waals surface area contributed by atoms with E-state index >= 15 is 0 Å². The van der Waals surface area contributed by atoms with E-state index in [0.29, 0.717) is 42.3 Å². The Kier molecular flexibility index (Phi) is 11.6. The Morgan fingerprint density at radius 3 is 2.09 bits per heavy atom. The number of carboxylic acid groups (broad SMARTS) is 1. The fourth-order valence-electron chi connectivity index (χ4n) is 4.84. The summed E-state index contributed by atoms with van der Waals surface area (Å²) in [5.74, 6) is 0.557. The molecule has 0 saturated heterocycles. The number of anilines is 2. The molecule has 8 heteroatoms. The van der Waals surface area contributed by atoms with E-state index in [1.807, 2.05) is 54.6 Å². The molecule has 4 rings (SSSR count). The zero-order chi connectivity index (χ0) is 31.3. The average Bonchev–Trinajstić information content (AvgIpc) is 3.01. The number of aromatic carboxylic acids is 1. The van der Waals surface area contributed by atoms with Crippen LogP contribution in [-0.2, 0) is 11.2 Å². The number of ether oxygens (including phenoxy) is 3. The molecule has 0 aromatic heterocycles. The lowest BCUT2D eigenvalue weighted by atomic mass is 9.98. The van der Waals surface area contributed by atoms with Gasteiger partial charge in [0.1, 0.15) is 17.2 Å². The maximum absolute atomic E-state index is 12.4.